The van der Waals surface area contributed by atoms with Crippen LogP contribution in [0.5, 0.6) is 11.5 Å². The monoisotopic (exact) mass is 448 g/mol. The van der Waals surface area contributed by atoms with E-state index in [2.05, 4.69) is 55.2 Å². The van der Waals surface area contributed by atoms with Crippen molar-refractivity contribution in [2.75, 3.05) is 11.9 Å². The molecule has 0 saturated carbocycles. The maximum atomic E-state index is 12.7. The summed E-state index contributed by atoms with van der Waals surface area (Å²) in [5.74, 6) is 0.806. The molecule has 6 rings (SSSR count). The molecule has 1 spiro atoms. The molecule has 1 unspecified atom stereocenters. The van der Waals surface area contributed by atoms with Gasteiger partial charge < -0.3 is 14.5 Å². The number of hydrogen-bond acceptors (Lipinski definition) is 5. The van der Waals surface area contributed by atoms with E-state index < -0.39 is 5.54 Å². The van der Waals surface area contributed by atoms with E-state index in [0.717, 1.165) is 22.0 Å². The summed E-state index contributed by atoms with van der Waals surface area (Å²) in [6.45, 7) is 4.49. The molecular formula is C29H24N2O3. The molecule has 34 heavy (non-hydrogen) atoms. The standard InChI is InChI=1S/C29H24N2O3/c1-28(2)23-11-7-8-12-24(23)31(3)29(28)18-30-34-25-16-14-19-13-15-21(17-22(19)26(25)29)33-27(32)20-9-5-4-6-10-20/h4-18H,1-3H3. The number of benzene rings is 4. The molecule has 4 aromatic rings. The summed E-state index contributed by atoms with van der Waals surface area (Å²) >= 11 is 0. The van der Waals surface area contributed by atoms with Crippen LogP contribution in [0.4, 0.5) is 5.69 Å². The Kier molecular flexibility index (Phi) is 4.33. The average molecular weight is 449 g/mol. The fraction of sp³-hybridized carbons (Fsp3) is 0.172. The molecule has 0 aromatic heterocycles. The van der Waals surface area contributed by atoms with Gasteiger partial charge >= 0.3 is 5.97 Å². The summed E-state index contributed by atoms with van der Waals surface area (Å²) in [5.41, 5.74) is 3.06. The van der Waals surface area contributed by atoms with Gasteiger partial charge in [-0.2, -0.15) is 0 Å². The van der Waals surface area contributed by atoms with Gasteiger partial charge in [-0.1, -0.05) is 67.5 Å². The van der Waals surface area contributed by atoms with Crippen molar-refractivity contribution in [2.45, 2.75) is 24.8 Å². The minimum atomic E-state index is -0.578. The number of oxime groups is 1. The minimum absolute atomic E-state index is 0.300. The summed E-state index contributed by atoms with van der Waals surface area (Å²) < 4.78 is 5.76. The highest BCUT2D eigenvalue weighted by Gasteiger charge is 2.58. The normalized spacial score (nSPS) is 19.6. The number of carbonyl (C=O) groups is 1. The average Bonchev–Trinajstić information content (AvgIpc) is 3.03. The van der Waals surface area contributed by atoms with Crippen LogP contribution in [0.15, 0.2) is 90.1 Å². The number of ether oxygens (including phenoxy) is 1. The van der Waals surface area contributed by atoms with Crippen molar-refractivity contribution in [2.24, 2.45) is 5.16 Å². The smallest absolute Gasteiger partial charge is 0.343 e. The number of hydrogen-bond donors (Lipinski definition) is 0. The van der Waals surface area contributed by atoms with Crippen LogP contribution in [0.1, 0.15) is 35.3 Å². The van der Waals surface area contributed by atoms with Gasteiger partial charge in [0.25, 0.3) is 0 Å². The SMILES string of the molecule is CN1c2ccccc2C(C)(C)C12C=NOc1ccc3ccc(OC(=O)c4ccccc4)cc3c12. The van der Waals surface area contributed by atoms with Crippen LogP contribution in [-0.4, -0.2) is 19.2 Å². The van der Waals surface area contributed by atoms with Crippen LogP contribution in [-0.2, 0) is 11.0 Å². The third-order valence-corrected chi connectivity index (χ3v) is 7.37. The molecule has 0 fully saturated rings. The largest absolute Gasteiger partial charge is 0.423 e. The second-order valence-electron chi connectivity index (χ2n) is 9.37. The van der Waals surface area contributed by atoms with E-state index in [9.17, 15) is 4.79 Å². The lowest BCUT2D eigenvalue weighted by Gasteiger charge is -2.46. The first kappa shape index (κ1) is 20.5. The summed E-state index contributed by atoms with van der Waals surface area (Å²) in [6.07, 6.45) is 1.91. The zero-order chi connectivity index (χ0) is 23.5. The lowest BCUT2D eigenvalue weighted by molar-refractivity contribution is 0.0735. The molecule has 2 aliphatic heterocycles. The molecule has 0 aliphatic carbocycles. The molecule has 4 aromatic carbocycles. The van der Waals surface area contributed by atoms with Crippen LogP contribution in [0.25, 0.3) is 10.8 Å². The zero-order valence-electron chi connectivity index (χ0n) is 19.3. The maximum Gasteiger partial charge on any atom is 0.343 e. The highest BCUT2D eigenvalue weighted by Crippen LogP contribution is 2.59. The van der Waals surface area contributed by atoms with Gasteiger partial charge in [0.15, 0.2) is 5.75 Å². The topological polar surface area (TPSA) is 51.1 Å². The molecule has 5 heteroatoms. The third kappa shape index (κ3) is 2.67. The van der Waals surface area contributed by atoms with Gasteiger partial charge in [-0.25, -0.2) is 4.79 Å². The van der Waals surface area contributed by atoms with E-state index in [-0.39, 0.29) is 11.4 Å². The number of nitrogens with zero attached hydrogens (tertiary/aromatic N) is 2. The predicted octanol–water partition coefficient (Wildman–Crippen LogP) is 6.06. The Labute approximate surface area is 198 Å². The molecule has 2 heterocycles. The van der Waals surface area contributed by atoms with Crippen LogP contribution in [0.2, 0.25) is 0 Å². The quantitative estimate of drug-likeness (QED) is 0.276. The zero-order valence-corrected chi connectivity index (χ0v) is 19.3. The van der Waals surface area contributed by atoms with Crippen LogP contribution in [0.3, 0.4) is 0 Å². The first-order valence-electron chi connectivity index (χ1n) is 11.3. The fourth-order valence-electron chi connectivity index (χ4n) is 5.61. The van der Waals surface area contributed by atoms with Crippen molar-refractivity contribution < 1.29 is 14.4 Å². The maximum absolute atomic E-state index is 12.7. The molecule has 5 nitrogen and oxygen atoms in total. The molecule has 0 radical (unpaired) electrons. The van der Waals surface area contributed by atoms with Gasteiger partial charge in [0.2, 0.25) is 0 Å². The molecule has 168 valence electrons. The second kappa shape index (κ2) is 7.19. The summed E-state index contributed by atoms with van der Waals surface area (Å²) in [4.78, 5) is 20.8. The number of likely N-dealkylation sites (N-methyl/N-ethyl adjacent to an activating group) is 1. The number of carbonyl (C=O) groups excluding carboxylic acids is 1. The van der Waals surface area contributed by atoms with Crippen LogP contribution >= 0.6 is 0 Å². The number of rotatable bonds is 2. The second-order valence-corrected chi connectivity index (χ2v) is 9.37. The van der Waals surface area contributed by atoms with E-state index in [4.69, 9.17) is 9.57 Å². The highest BCUT2D eigenvalue weighted by molar-refractivity contribution is 5.99. The summed E-state index contributed by atoms with van der Waals surface area (Å²) in [7, 11) is 2.10. The Bertz CT molecular complexity index is 1480. The molecule has 1 atom stereocenters. The van der Waals surface area contributed by atoms with E-state index >= 15 is 0 Å². The number of anilines is 1. The van der Waals surface area contributed by atoms with Crippen LogP contribution in [0, 0.1) is 0 Å². The molecular weight excluding hydrogens is 424 g/mol. The third-order valence-electron chi connectivity index (χ3n) is 7.37. The van der Waals surface area contributed by atoms with Gasteiger partial charge in [-0.15, -0.1) is 0 Å². The van der Waals surface area contributed by atoms with E-state index in [0.29, 0.717) is 17.1 Å². The summed E-state index contributed by atoms with van der Waals surface area (Å²) in [6, 6.07) is 27.2. The van der Waals surface area contributed by atoms with Crippen molar-refractivity contribution in [1.82, 2.24) is 0 Å². The van der Waals surface area contributed by atoms with Crippen molar-refractivity contribution in [3.8, 4) is 11.5 Å². The minimum Gasteiger partial charge on any atom is -0.423 e. The van der Waals surface area contributed by atoms with Gasteiger partial charge in [0.05, 0.1) is 11.8 Å². The van der Waals surface area contributed by atoms with Gasteiger partial charge in [0.1, 0.15) is 11.3 Å². The van der Waals surface area contributed by atoms with Crippen molar-refractivity contribution in [3.63, 3.8) is 0 Å². The van der Waals surface area contributed by atoms with Crippen molar-refractivity contribution in [1.29, 1.82) is 0 Å². The molecule has 0 amide bonds. The molecule has 0 saturated heterocycles. The molecule has 0 bridgehead atoms. The van der Waals surface area contributed by atoms with E-state index in [1.165, 1.54) is 5.56 Å². The number of fused-ring (bicyclic) bond motifs is 5. The van der Waals surface area contributed by atoms with Crippen molar-refractivity contribution >= 4 is 28.6 Å². The number of para-hydroxylation sites is 1. The highest BCUT2D eigenvalue weighted by atomic mass is 16.6. The lowest BCUT2D eigenvalue weighted by atomic mass is 9.66. The molecule has 2 aliphatic rings. The number of esters is 1. The van der Waals surface area contributed by atoms with Crippen LogP contribution < -0.4 is 14.5 Å². The fourth-order valence-corrected chi connectivity index (χ4v) is 5.61. The first-order chi connectivity index (χ1) is 16.4. The lowest BCUT2D eigenvalue weighted by Crippen LogP contribution is -2.54. The Hall–Kier alpha value is -4.12. The van der Waals surface area contributed by atoms with Gasteiger partial charge in [0, 0.05) is 23.7 Å². The Balaban J connectivity index is 1.54. The predicted molar refractivity (Wildman–Crippen MR) is 134 cm³/mol. The van der Waals surface area contributed by atoms with Gasteiger partial charge in [-0.3, -0.25) is 0 Å². The van der Waals surface area contributed by atoms with E-state index in [1.807, 2.05) is 54.7 Å². The first-order valence-corrected chi connectivity index (χ1v) is 11.3. The van der Waals surface area contributed by atoms with Gasteiger partial charge in [-0.05, 0) is 52.7 Å². The Morgan fingerprint density at radius 1 is 0.941 bits per heavy atom. The molecule has 0 N–H and O–H groups in total. The van der Waals surface area contributed by atoms with E-state index in [1.54, 1.807) is 12.1 Å². The summed E-state index contributed by atoms with van der Waals surface area (Å²) in [5, 5.41) is 6.35. The van der Waals surface area contributed by atoms with Crippen molar-refractivity contribution in [3.05, 3.63) is 102 Å². The Morgan fingerprint density at radius 2 is 1.68 bits per heavy atom. The Morgan fingerprint density at radius 3 is 2.47 bits per heavy atom.